The van der Waals surface area contributed by atoms with Crippen molar-refractivity contribution in [2.24, 2.45) is 4.99 Å². The van der Waals surface area contributed by atoms with Crippen molar-refractivity contribution < 1.29 is 0 Å². The van der Waals surface area contributed by atoms with Gasteiger partial charge in [0.25, 0.3) is 0 Å². The highest BCUT2D eigenvalue weighted by Crippen LogP contribution is 2.21. The largest absolute Gasteiger partial charge is 0.359 e. The number of rotatable bonds is 3. The molecular weight excluding hydrogens is 208 g/mol. The third-order valence-corrected chi connectivity index (χ3v) is 3.53. The average molecular weight is 224 g/mol. The molecule has 15 heavy (non-hydrogen) atoms. The van der Waals surface area contributed by atoms with E-state index in [1.54, 1.807) is 18.0 Å². The van der Waals surface area contributed by atoms with Crippen LogP contribution in [0.3, 0.4) is 0 Å². The highest BCUT2D eigenvalue weighted by atomic mass is 32.2. The first kappa shape index (κ1) is 10.5. The highest BCUT2D eigenvalue weighted by molar-refractivity contribution is 8.14. The molecule has 0 aliphatic carbocycles. The Bertz CT molecular complexity index is 342. The number of aromatic nitrogens is 2. The van der Waals surface area contributed by atoms with E-state index in [1.165, 1.54) is 0 Å². The Morgan fingerprint density at radius 3 is 3.13 bits per heavy atom. The number of thioether (sulfide) groups is 1. The molecule has 1 N–H and O–H groups in total. The van der Waals surface area contributed by atoms with E-state index in [2.05, 4.69) is 29.3 Å². The fourth-order valence-electron chi connectivity index (χ4n) is 1.38. The Balaban J connectivity index is 1.80. The van der Waals surface area contributed by atoms with Crippen LogP contribution >= 0.6 is 11.8 Å². The molecule has 0 atom stereocenters. The molecule has 1 aromatic rings. The van der Waals surface area contributed by atoms with E-state index in [0.717, 1.165) is 24.0 Å². The van der Waals surface area contributed by atoms with Crippen molar-refractivity contribution in [3.8, 4) is 0 Å². The molecule has 1 aliphatic rings. The van der Waals surface area contributed by atoms with Crippen molar-refractivity contribution in [3.05, 3.63) is 18.5 Å². The lowest BCUT2D eigenvalue weighted by atomic mass is 10.1. The van der Waals surface area contributed by atoms with Crippen LogP contribution in [0.25, 0.3) is 0 Å². The SMILES string of the molecule is CC1(C)CSC(=NCCn2cccn2)N1. The summed E-state index contributed by atoms with van der Waals surface area (Å²) in [6.07, 6.45) is 3.75. The first-order valence-electron chi connectivity index (χ1n) is 5.09. The van der Waals surface area contributed by atoms with Crippen molar-refractivity contribution in [1.29, 1.82) is 0 Å². The Kier molecular flexibility index (Phi) is 3.00. The maximum atomic E-state index is 4.50. The first-order chi connectivity index (χ1) is 7.16. The molecule has 2 heterocycles. The van der Waals surface area contributed by atoms with Crippen molar-refractivity contribution in [3.63, 3.8) is 0 Å². The molecule has 2 rings (SSSR count). The molecule has 0 radical (unpaired) electrons. The van der Waals surface area contributed by atoms with Gasteiger partial charge in [0, 0.05) is 23.7 Å². The van der Waals surface area contributed by atoms with Crippen molar-refractivity contribution in [2.75, 3.05) is 12.3 Å². The van der Waals surface area contributed by atoms with Gasteiger partial charge in [-0.05, 0) is 19.9 Å². The Labute approximate surface area is 94.2 Å². The summed E-state index contributed by atoms with van der Waals surface area (Å²) in [4.78, 5) is 4.50. The van der Waals surface area contributed by atoms with Gasteiger partial charge in [-0.15, -0.1) is 0 Å². The summed E-state index contributed by atoms with van der Waals surface area (Å²) in [5.41, 5.74) is 0.190. The Morgan fingerprint density at radius 2 is 2.53 bits per heavy atom. The maximum absolute atomic E-state index is 4.50. The molecule has 0 amide bonds. The van der Waals surface area contributed by atoms with Gasteiger partial charge in [0.2, 0.25) is 0 Å². The monoisotopic (exact) mass is 224 g/mol. The molecule has 0 saturated carbocycles. The first-order valence-corrected chi connectivity index (χ1v) is 6.07. The van der Waals surface area contributed by atoms with Gasteiger partial charge in [-0.3, -0.25) is 9.67 Å². The molecular formula is C10H16N4S. The van der Waals surface area contributed by atoms with Gasteiger partial charge in [0.15, 0.2) is 5.17 Å². The summed E-state index contributed by atoms with van der Waals surface area (Å²) in [6, 6.07) is 1.93. The van der Waals surface area contributed by atoms with E-state index in [1.807, 2.05) is 16.9 Å². The van der Waals surface area contributed by atoms with E-state index >= 15 is 0 Å². The van der Waals surface area contributed by atoms with Crippen LogP contribution in [0.5, 0.6) is 0 Å². The van der Waals surface area contributed by atoms with Crippen LogP contribution < -0.4 is 5.32 Å². The van der Waals surface area contributed by atoms with Crippen molar-refractivity contribution >= 4 is 16.9 Å². The quantitative estimate of drug-likeness (QED) is 0.843. The Hall–Kier alpha value is -0.970. The fraction of sp³-hybridized carbons (Fsp3) is 0.600. The van der Waals surface area contributed by atoms with Gasteiger partial charge in [-0.2, -0.15) is 5.10 Å². The minimum Gasteiger partial charge on any atom is -0.359 e. The van der Waals surface area contributed by atoms with Crippen molar-refractivity contribution in [2.45, 2.75) is 25.9 Å². The predicted octanol–water partition coefficient (Wildman–Crippen LogP) is 1.35. The van der Waals surface area contributed by atoms with Gasteiger partial charge in [-0.1, -0.05) is 11.8 Å². The zero-order valence-corrected chi connectivity index (χ0v) is 9.92. The summed E-state index contributed by atoms with van der Waals surface area (Å²) < 4.78 is 1.90. The molecule has 1 fully saturated rings. The molecule has 1 aromatic heterocycles. The minimum atomic E-state index is 0.190. The zero-order chi connectivity index (χ0) is 10.7. The molecule has 0 aromatic carbocycles. The fourth-order valence-corrected chi connectivity index (χ4v) is 2.48. The lowest BCUT2D eigenvalue weighted by Crippen LogP contribution is -2.37. The number of hydrogen-bond donors (Lipinski definition) is 1. The molecule has 1 saturated heterocycles. The average Bonchev–Trinajstić information content (AvgIpc) is 2.76. The van der Waals surface area contributed by atoms with Gasteiger partial charge < -0.3 is 5.32 Å². The summed E-state index contributed by atoms with van der Waals surface area (Å²) in [5.74, 6) is 1.09. The van der Waals surface area contributed by atoms with E-state index in [4.69, 9.17) is 0 Å². The topological polar surface area (TPSA) is 42.2 Å². The number of aliphatic imine (C=N–C) groups is 1. The van der Waals surface area contributed by atoms with Crippen LogP contribution in [0.2, 0.25) is 0 Å². The van der Waals surface area contributed by atoms with E-state index in [-0.39, 0.29) is 5.54 Å². The third kappa shape index (κ3) is 2.99. The third-order valence-electron chi connectivity index (χ3n) is 2.16. The summed E-state index contributed by atoms with van der Waals surface area (Å²) >= 11 is 1.80. The van der Waals surface area contributed by atoms with E-state index < -0.39 is 0 Å². The lowest BCUT2D eigenvalue weighted by molar-refractivity contribution is 0.535. The van der Waals surface area contributed by atoms with E-state index in [9.17, 15) is 0 Å². The predicted molar refractivity (Wildman–Crippen MR) is 64.2 cm³/mol. The summed E-state index contributed by atoms with van der Waals surface area (Å²) in [5, 5.41) is 8.58. The van der Waals surface area contributed by atoms with Crippen LogP contribution in [0, 0.1) is 0 Å². The second-order valence-corrected chi connectivity index (χ2v) is 5.22. The van der Waals surface area contributed by atoms with Crippen LogP contribution in [0.15, 0.2) is 23.5 Å². The van der Waals surface area contributed by atoms with Gasteiger partial charge >= 0.3 is 0 Å². The number of nitrogens with zero attached hydrogens (tertiary/aromatic N) is 3. The molecule has 5 heteroatoms. The summed E-state index contributed by atoms with van der Waals surface area (Å²) in [6.45, 7) is 6.01. The number of nitrogens with one attached hydrogen (secondary N) is 1. The van der Waals surface area contributed by atoms with E-state index in [0.29, 0.717) is 0 Å². The van der Waals surface area contributed by atoms with Gasteiger partial charge in [-0.25, -0.2) is 0 Å². The number of hydrogen-bond acceptors (Lipinski definition) is 3. The van der Waals surface area contributed by atoms with Gasteiger partial charge in [0.05, 0.1) is 13.1 Å². The summed E-state index contributed by atoms with van der Waals surface area (Å²) in [7, 11) is 0. The molecule has 4 nitrogen and oxygen atoms in total. The molecule has 82 valence electrons. The maximum Gasteiger partial charge on any atom is 0.157 e. The zero-order valence-electron chi connectivity index (χ0n) is 9.10. The second kappa shape index (κ2) is 4.26. The van der Waals surface area contributed by atoms with Crippen LogP contribution in [-0.4, -0.2) is 32.8 Å². The van der Waals surface area contributed by atoms with Crippen molar-refractivity contribution in [1.82, 2.24) is 15.1 Å². The molecule has 1 aliphatic heterocycles. The second-order valence-electron chi connectivity index (χ2n) is 4.25. The standard InChI is InChI=1S/C10H16N4S/c1-10(2)8-15-9(13-10)11-5-7-14-6-3-4-12-14/h3-4,6H,5,7-8H2,1-2H3,(H,11,13). The smallest absolute Gasteiger partial charge is 0.157 e. The lowest BCUT2D eigenvalue weighted by Gasteiger charge is -2.15. The normalized spacial score (nSPS) is 21.9. The van der Waals surface area contributed by atoms with Crippen LogP contribution in [-0.2, 0) is 6.54 Å². The minimum absolute atomic E-state index is 0.190. The Morgan fingerprint density at radius 1 is 1.67 bits per heavy atom. The number of amidine groups is 1. The highest BCUT2D eigenvalue weighted by Gasteiger charge is 2.26. The van der Waals surface area contributed by atoms with Crippen LogP contribution in [0.1, 0.15) is 13.8 Å². The van der Waals surface area contributed by atoms with Gasteiger partial charge in [0.1, 0.15) is 0 Å². The van der Waals surface area contributed by atoms with Crippen LogP contribution in [0.4, 0.5) is 0 Å². The molecule has 0 bridgehead atoms. The molecule has 0 unspecified atom stereocenters. The molecule has 0 spiro atoms.